The third-order valence-corrected chi connectivity index (χ3v) is 4.19. The van der Waals surface area contributed by atoms with E-state index in [4.69, 9.17) is 0 Å². The van der Waals surface area contributed by atoms with E-state index < -0.39 is 17.1 Å². The van der Waals surface area contributed by atoms with Gasteiger partial charge in [0, 0.05) is 11.5 Å². The van der Waals surface area contributed by atoms with Crippen LogP contribution >= 0.6 is 0 Å². The van der Waals surface area contributed by atoms with Crippen molar-refractivity contribution in [3.05, 3.63) is 63.7 Å². The van der Waals surface area contributed by atoms with E-state index in [1.54, 1.807) is 12.1 Å². The lowest BCUT2D eigenvalue weighted by Crippen LogP contribution is -2.17. The molecule has 0 amide bonds. The van der Waals surface area contributed by atoms with Crippen molar-refractivity contribution in [3.8, 4) is 0 Å². The molecule has 1 aliphatic carbocycles. The number of nitro groups is 1. The molecular weight excluding hydrogens is 270 g/mol. The summed E-state index contributed by atoms with van der Waals surface area (Å²) >= 11 is 0. The van der Waals surface area contributed by atoms with Crippen LogP contribution in [0.4, 0.5) is 5.69 Å². The average Bonchev–Trinajstić information content (AvgIpc) is 2.50. The summed E-state index contributed by atoms with van der Waals surface area (Å²) < 4.78 is 0. The van der Waals surface area contributed by atoms with Crippen molar-refractivity contribution in [2.45, 2.75) is 12.2 Å². The first-order valence-electron chi connectivity index (χ1n) is 6.58. The molecule has 0 radical (unpaired) electrons. The molecule has 3 aromatic carbocycles. The fourth-order valence-electron chi connectivity index (χ4n) is 3.27. The van der Waals surface area contributed by atoms with Gasteiger partial charge in [0.25, 0.3) is 5.69 Å². The number of benzene rings is 3. The van der Waals surface area contributed by atoms with Gasteiger partial charge in [0.15, 0.2) is 0 Å². The van der Waals surface area contributed by atoms with E-state index in [0.717, 1.165) is 16.2 Å². The highest BCUT2D eigenvalue weighted by Gasteiger charge is 2.35. The summed E-state index contributed by atoms with van der Waals surface area (Å²) in [6.07, 6.45) is -2.46. The quantitative estimate of drug-likeness (QED) is 0.408. The Bertz CT molecular complexity index is 919. The maximum absolute atomic E-state index is 11.2. The maximum Gasteiger partial charge on any atom is 0.275 e. The van der Waals surface area contributed by atoms with Gasteiger partial charge >= 0.3 is 0 Å². The van der Waals surface area contributed by atoms with Crippen molar-refractivity contribution in [1.82, 2.24) is 0 Å². The highest BCUT2D eigenvalue weighted by Crippen LogP contribution is 2.47. The van der Waals surface area contributed by atoms with Crippen LogP contribution in [0.3, 0.4) is 0 Å². The molecule has 2 N–H and O–H groups in total. The van der Waals surface area contributed by atoms with Crippen molar-refractivity contribution in [2.24, 2.45) is 0 Å². The zero-order valence-electron chi connectivity index (χ0n) is 10.9. The van der Waals surface area contributed by atoms with Crippen molar-refractivity contribution >= 4 is 27.2 Å². The number of hydrogen-bond acceptors (Lipinski definition) is 4. The lowest BCUT2D eigenvalue weighted by atomic mass is 9.82. The first-order valence-corrected chi connectivity index (χ1v) is 6.58. The Morgan fingerprint density at radius 3 is 2.29 bits per heavy atom. The van der Waals surface area contributed by atoms with E-state index in [1.807, 2.05) is 24.3 Å². The number of rotatable bonds is 1. The lowest BCUT2D eigenvalue weighted by Gasteiger charge is -2.27. The Hall–Kier alpha value is -2.50. The van der Waals surface area contributed by atoms with E-state index in [2.05, 4.69) is 0 Å². The average molecular weight is 281 g/mol. The molecule has 0 heterocycles. The SMILES string of the molecule is O=[N+]([O-])c1ccc2ccc3cccc4c3c2c1[C@@H](O)[C@@H]4O. The molecule has 0 spiro atoms. The molecular formula is C16H11NO4. The topological polar surface area (TPSA) is 83.6 Å². The number of hydrogen-bond donors (Lipinski definition) is 2. The predicted octanol–water partition coefficient (Wildman–Crippen LogP) is 2.98. The molecule has 5 nitrogen and oxygen atoms in total. The summed E-state index contributed by atoms with van der Waals surface area (Å²) in [4.78, 5) is 10.7. The molecule has 3 aromatic rings. The first kappa shape index (κ1) is 12.3. The maximum atomic E-state index is 11.2. The molecule has 5 heteroatoms. The van der Waals surface area contributed by atoms with Crippen LogP contribution in [0.5, 0.6) is 0 Å². The van der Waals surface area contributed by atoms with Gasteiger partial charge in [-0.2, -0.15) is 0 Å². The zero-order valence-corrected chi connectivity index (χ0v) is 10.9. The third kappa shape index (κ3) is 1.47. The van der Waals surface area contributed by atoms with E-state index in [9.17, 15) is 20.3 Å². The molecule has 21 heavy (non-hydrogen) atoms. The molecule has 0 unspecified atom stereocenters. The van der Waals surface area contributed by atoms with Crippen molar-refractivity contribution < 1.29 is 15.1 Å². The molecule has 0 aromatic heterocycles. The second-order valence-electron chi connectivity index (χ2n) is 5.25. The van der Waals surface area contributed by atoms with Crippen LogP contribution < -0.4 is 0 Å². The second-order valence-corrected chi connectivity index (χ2v) is 5.25. The van der Waals surface area contributed by atoms with Gasteiger partial charge in [0.2, 0.25) is 0 Å². The second kappa shape index (κ2) is 4.00. The zero-order chi connectivity index (χ0) is 14.7. The van der Waals surface area contributed by atoms with Gasteiger partial charge in [-0.1, -0.05) is 30.3 Å². The van der Waals surface area contributed by atoms with Crippen LogP contribution in [0.15, 0.2) is 42.5 Å². The molecule has 1 aliphatic rings. The molecule has 0 fully saturated rings. The number of nitro benzene ring substituents is 1. The molecule has 0 saturated carbocycles. The van der Waals surface area contributed by atoms with Crippen molar-refractivity contribution in [2.75, 3.05) is 0 Å². The minimum absolute atomic E-state index is 0.156. The summed E-state index contributed by atoms with van der Waals surface area (Å²) in [6.45, 7) is 0. The van der Waals surface area contributed by atoms with Gasteiger partial charge in [-0.15, -0.1) is 0 Å². The van der Waals surface area contributed by atoms with Gasteiger partial charge in [-0.05, 0) is 27.8 Å². The van der Waals surface area contributed by atoms with E-state index >= 15 is 0 Å². The predicted molar refractivity (Wildman–Crippen MR) is 78.0 cm³/mol. The molecule has 4 rings (SSSR count). The van der Waals surface area contributed by atoms with Gasteiger partial charge in [-0.25, -0.2) is 0 Å². The van der Waals surface area contributed by atoms with Crippen LogP contribution in [0.2, 0.25) is 0 Å². The fraction of sp³-hybridized carbons (Fsp3) is 0.125. The summed E-state index contributed by atoms with van der Waals surface area (Å²) in [5.74, 6) is 0. The molecule has 104 valence electrons. The van der Waals surface area contributed by atoms with E-state index in [-0.39, 0.29) is 11.3 Å². The Morgan fingerprint density at radius 2 is 1.57 bits per heavy atom. The molecule has 0 bridgehead atoms. The first-order chi connectivity index (χ1) is 10.1. The van der Waals surface area contributed by atoms with Crippen LogP contribution in [-0.4, -0.2) is 15.1 Å². The minimum atomic E-state index is -1.30. The van der Waals surface area contributed by atoms with Crippen LogP contribution in [0, 0.1) is 10.1 Å². The van der Waals surface area contributed by atoms with Crippen molar-refractivity contribution in [1.29, 1.82) is 0 Å². The molecule has 2 atom stereocenters. The number of aliphatic hydroxyl groups is 2. The fourth-order valence-corrected chi connectivity index (χ4v) is 3.27. The minimum Gasteiger partial charge on any atom is -0.385 e. The van der Waals surface area contributed by atoms with Gasteiger partial charge < -0.3 is 10.2 Å². The van der Waals surface area contributed by atoms with Gasteiger partial charge in [0.1, 0.15) is 12.2 Å². The van der Waals surface area contributed by atoms with E-state index in [1.165, 1.54) is 6.07 Å². The highest BCUT2D eigenvalue weighted by molar-refractivity contribution is 6.13. The Morgan fingerprint density at radius 1 is 0.905 bits per heavy atom. The number of nitrogens with zero attached hydrogens (tertiary/aromatic N) is 1. The third-order valence-electron chi connectivity index (χ3n) is 4.19. The van der Waals surface area contributed by atoms with E-state index in [0.29, 0.717) is 10.9 Å². The summed E-state index contributed by atoms with van der Waals surface area (Å²) in [7, 11) is 0. The largest absolute Gasteiger partial charge is 0.385 e. The highest BCUT2D eigenvalue weighted by atomic mass is 16.6. The lowest BCUT2D eigenvalue weighted by molar-refractivity contribution is -0.386. The summed E-state index contributed by atoms with van der Waals surface area (Å²) in [6, 6.07) is 12.3. The normalized spacial score (nSPS) is 20.3. The van der Waals surface area contributed by atoms with Gasteiger partial charge in [0.05, 0.1) is 10.5 Å². The smallest absolute Gasteiger partial charge is 0.275 e. The Labute approximate surface area is 119 Å². The summed E-state index contributed by atoms with van der Waals surface area (Å²) in [5.41, 5.74) is 0.656. The van der Waals surface area contributed by atoms with Crippen LogP contribution in [-0.2, 0) is 0 Å². The molecule has 0 aliphatic heterocycles. The Kier molecular flexibility index (Phi) is 2.34. The number of aliphatic hydroxyl groups excluding tert-OH is 2. The molecule has 0 saturated heterocycles. The standard InChI is InChI=1S/C16H11NO4/c18-15-10-3-1-2-8-4-5-9-6-7-11(17(20)21)14(16(15)19)13(9)12(8)10/h1-7,15-16,18-19H/t15-,16-/m1/s1. The monoisotopic (exact) mass is 281 g/mol. The Balaban J connectivity index is 2.33. The van der Waals surface area contributed by atoms with Gasteiger partial charge in [-0.3, -0.25) is 10.1 Å². The van der Waals surface area contributed by atoms with Crippen LogP contribution in [0.25, 0.3) is 21.5 Å². The summed E-state index contributed by atoms with van der Waals surface area (Å²) in [5, 5.41) is 35.1. The van der Waals surface area contributed by atoms with Crippen LogP contribution in [0.1, 0.15) is 23.3 Å². The van der Waals surface area contributed by atoms with Crippen molar-refractivity contribution in [3.63, 3.8) is 0 Å².